The SMILES string of the molecule is C[C@@H]1CCCCO[C@H](CN(C)Cc2ccccc2)[C@@H](C)CN([C@@H](C)CO)C(=O)c2cc(NC(=O)Nc3ccccc3)ccc2O1. The number of hydrogen-bond acceptors (Lipinski definition) is 6. The lowest BCUT2D eigenvalue weighted by atomic mass is 10.0. The highest BCUT2D eigenvalue weighted by Crippen LogP contribution is 2.29. The molecule has 9 heteroatoms. The number of urea groups is 1. The molecule has 0 aliphatic carbocycles. The van der Waals surface area contributed by atoms with Crippen LogP contribution in [0.2, 0.25) is 0 Å². The molecule has 1 aliphatic rings. The number of ether oxygens (including phenoxy) is 2. The molecule has 3 aromatic carbocycles. The second kappa shape index (κ2) is 17.0. The minimum Gasteiger partial charge on any atom is -0.490 e. The van der Waals surface area contributed by atoms with Crippen molar-refractivity contribution in [2.45, 2.75) is 64.8 Å². The van der Waals surface area contributed by atoms with Crippen LogP contribution in [0.15, 0.2) is 78.9 Å². The van der Waals surface area contributed by atoms with E-state index in [9.17, 15) is 14.7 Å². The first kappa shape index (κ1) is 34.0. The van der Waals surface area contributed by atoms with Crippen molar-refractivity contribution >= 4 is 23.3 Å². The van der Waals surface area contributed by atoms with Gasteiger partial charge in [-0.25, -0.2) is 4.79 Å². The summed E-state index contributed by atoms with van der Waals surface area (Å²) in [4.78, 5) is 31.0. The molecule has 0 saturated heterocycles. The number of carbonyl (C=O) groups is 2. The number of nitrogens with one attached hydrogen (secondary N) is 2. The number of amides is 3. The number of likely N-dealkylation sites (N-methyl/N-ethyl adjacent to an activating group) is 1. The molecule has 4 atom stereocenters. The molecule has 0 bridgehead atoms. The van der Waals surface area contributed by atoms with Gasteiger partial charge in [-0.3, -0.25) is 9.69 Å². The molecule has 1 heterocycles. The lowest BCUT2D eigenvalue weighted by molar-refractivity contribution is -0.0177. The molecule has 3 N–H and O–H groups in total. The summed E-state index contributed by atoms with van der Waals surface area (Å²) in [5.41, 5.74) is 2.68. The number of rotatable bonds is 8. The highest BCUT2D eigenvalue weighted by Gasteiger charge is 2.30. The van der Waals surface area contributed by atoms with Gasteiger partial charge in [0.2, 0.25) is 0 Å². The number of nitrogens with zero attached hydrogens (tertiary/aromatic N) is 2. The zero-order valence-corrected chi connectivity index (χ0v) is 26.9. The Kier molecular flexibility index (Phi) is 12.8. The molecular formula is C36H48N4O5. The van der Waals surface area contributed by atoms with Crippen LogP contribution in [0.25, 0.3) is 0 Å². The first-order valence-electron chi connectivity index (χ1n) is 15.9. The van der Waals surface area contributed by atoms with Crippen molar-refractivity contribution in [3.8, 4) is 5.75 Å². The number of aliphatic hydroxyl groups is 1. The monoisotopic (exact) mass is 616 g/mol. The van der Waals surface area contributed by atoms with Crippen molar-refractivity contribution < 1.29 is 24.2 Å². The van der Waals surface area contributed by atoms with Crippen LogP contribution in [0.5, 0.6) is 5.75 Å². The van der Waals surface area contributed by atoms with E-state index in [1.807, 2.05) is 50.2 Å². The average Bonchev–Trinajstić information content (AvgIpc) is 3.03. The van der Waals surface area contributed by atoms with E-state index in [2.05, 4.69) is 41.6 Å². The number of hydrogen-bond donors (Lipinski definition) is 3. The summed E-state index contributed by atoms with van der Waals surface area (Å²) in [6, 6.07) is 23.8. The number of carbonyl (C=O) groups excluding carboxylic acids is 2. The second-order valence-corrected chi connectivity index (χ2v) is 12.1. The van der Waals surface area contributed by atoms with E-state index in [4.69, 9.17) is 9.47 Å². The standard InChI is InChI=1S/C36H48N4O5/c1-26-22-40(27(2)25-41)35(42)32-21-31(38-36(43)37-30-16-9-6-10-17-30)18-19-33(32)45-28(3)13-11-12-20-44-34(26)24-39(4)23-29-14-7-5-8-15-29/h5-10,14-19,21,26-28,34,41H,11-13,20,22-25H2,1-4H3,(H2,37,38,43)/t26-,27-,28+,34+/m0/s1. The smallest absolute Gasteiger partial charge is 0.323 e. The Bertz CT molecular complexity index is 1360. The summed E-state index contributed by atoms with van der Waals surface area (Å²) in [7, 11) is 2.09. The van der Waals surface area contributed by atoms with E-state index in [1.54, 1.807) is 35.2 Å². The van der Waals surface area contributed by atoms with E-state index in [0.717, 1.165) is 25.8 Å². The fourth-order valence-electron chi connectivity index (χ4n) is 5.54. The van der Waals surface area contributed by atoms with Crippen LogP contribution in [-0.4, -0.2) is 78.4 Å². The molecule has 9 nitrogen and oxygen atoms in total. The number of aliphatic hydroxyl groups excluding tert-OH is 1. The second-order valence-electron chi connectivity index (χ2n) is 12.1. The molecule has 3 amide bonds. The lowest BCUT2D eigenvalue weighted by Crippen LogP contribution is -2.47. The Hall–Kier alpha value is -3.92. The predicted molar refractivity (Wildman–Crippen MR) is 179 cm³/mol. The average molecular weight is 617 g/mol. The van der Waals surface area contributed by atoms with E-state index in [1.165, 1.54) is 5.56 Å². The third kappa shape index (κ3) is 10.3. The molecular weight excluding hydrogens is 568 g/mol. The fraction of sp³-hybridized carbons (Fsp3) is 0.444. The predicted octanol–water partition coefficient (Wildman–Crippen LogP) is 6.26. The first-order valence-corrected chi connectivity index (χ1v) is 15.9. The van der Waals surface area contributed by atoms with Crippen molar-refractivity contribution in [3.63, 3.8) is 0 Å². The lowest BCUT2D eigenvalue weighted by Gasteiger charge is -2.36. The summed E-state index contributed by atoms with van der Waals surface area (Å²) in [5, 5.41) is 15.9. The molecule has 45 heavy (non-hydrogen) atoms. The Labute approximate surface area is 267 Å². The summed E-state index contributed by atoms with van der Waals surface area (Å²) in [5.74, 6) is 0.160. The molecule has 0 unspecified atom stereocenters. The topological polar surface area (TPSA) is 103 Å². The fourth-order valence-corrected chi connectivity index (χ4v) is 5.54. The Morgan fingerprint density at radius 2 is 1.69 bits per heavy atom. The molecule has 242 valence electrons. The number of anilines is 2. The van der Waals surface area contributed by atoms with Crippen LogP contribution in [0, 0.1) is 5.92 Å². The largest absolute Gasteiger partial charge is 0.490 e. The molecule has 1 aliphatic heterocycles. The number of benzene rings is 3. The third-order valence-electron chi connectivity index (χ3n) is 8.13. The van der Waals surface area contributed by atoms with Gasteiger partial charge in [-0.05, 0) is 76.1 Å². The highest BCUT2D eigenvalue weighted by molar-refractivity contribution is 6.02. The Morgan fingerprint density at radius 3 is 2.40 bits per heavy atom. The van der Waals surface area contributed by atoms with Gasteiger partial charge in [0.05, 0.1) is 30.4 Å². The molecule has 0 fully saturated rings. The highest BCUT2D eigenvalue weighted by atomic mass is 16.5. The van der Waals surface area contributed by atoms with Crippen LogP contribution < -0.4 is 15.4 Å². The maximum atomic E-state index is 14.3. The van der Waals surface area contributed by atoms with Crippen molar-refractivity contribution in [1.29, 1.82) is 0 Å². The van der Waals surface area contributed by atoms with E-state index < -0.39 is 12.1 Å². The zero-order valence-electron chi connectivity index (χ0n) is 26.9. The van der Waals surface area contributed by atoms with E-state index in [0.29, 0.717) is 42.4 Å². The number of para-hydroxylation sites is 1. The van der Waals surface area contributed by atoms with Crippen LogP contribution in [0.4, 0.5) is 16.2 Å². The van der Waals surface area contributed by atoms with Gasteiger partial charge < -0.3 is 30.1 Å². The Balaban J connectivity index is 1.59. The summed E-state index contributed by atoms with van der Waals surface area (Å²) in [6.45, 7) is 8.24. The number of fused-ring (bicyclic) bond motifs is 1. The van der Waals surface area contributed by atoms with Gasteiger partial charge in [0, 0.05) is 43.5 Å². The van der Waals surface area contributed by atoms with Crippen molar-refractivity contribution in [1.82, 2.24) is 9.80 Å². The van der Waals surface area contributed by atoms with Crippen molar-refractivity contribution in [2.24, 2.45) is 5.92 Å². The first-order chi connectivity index (χ1) is 21.7. The molecule has 0 spiro atoms. The van der Waals surface area contributed by atoms with Gasteiger partial charge in [-0.2, -0.15) is 0 Å². The van der Waals surface area contributed by atoms with Crippen molar-refractivity contribution in [3.05, 3.63) is 90.0 Å². The maximum Gasteiger partial charge on any atom is 0.323 e. The maximum absolute atomic E-state index is 14.3. The summed E-state index contributed by atoms with van der Waals surface area (Å²) >= 11 is 0. The van der Waals surface area contributed by atoms with Crippen molar-refractivity contribution in [2.75, 3.05) is 44.0 Å². The van der Waals surface area contributed by atoms with E-state index in [-0.39, 0.29) is 30.6 Å². The summed E-state index contributed by atoms with van der Waals surface area (Å²) in [6.07, 6.45) is 2.39. The van der Waals surface area contributed by atoms with Crippen LogP contribution in [-0.2, 0) is 11.3 Å². The molecule has 3 aromatic rings. The quantitative estimate of drug-likeness (QED) is 0.276. The van der Waals surface area contributed by atoms with Crippen LogP contribution >= 0.6 is 0 Å². The molecule has 0 radical (unpaired) electrons. The van der Waals surface area contributed by atoms with Gasteiger partial charge in [0.1, 0.15) is 5.75 Å². The minimum atomic E-state index is -0.446. The van der Waals surface area contributed by atoms with Gasteiger partial charge in [0.25, 0.3) is 5.91 Å². The zero-order chi connectivity index (χ0) is 32.2. The van der Waals surface area contributed by atoms with Crippen LogP contribution in [0.1, 0.15) is 56.0 Å². The molecule has 0 saturated carbocycles. The van der Waals surface area contributed by atoms with Gasteiger partial charge in [0.15, 0.2) is 0 Å². The van der Waals surface area contributed by atoms with Gasteiger partial charge in [-0.1, -0.05) is 55.5 Å². The molecule has 0 aromatic heterocycles. The van der Waals surface area contributed by atoms with E-state index >= 15 is 0 Å². The minimum absolute atomic E-state index is 0.0228. The Morgan fingerprint density at radius 1 is 1.00 bits per heavy atom. The third-order valence-corrected chi connectivity index (χ3v) is 8.13. The molecule has 4 rings (SSSR count). The summed E-state index contributed by atoms with van der Waals surface area (Å²) < 4.78 is 12.8. The van der Waals surface area contributed by atoms with Gasteiger partial charge in [-0.15, -0.1) is 0 Å². The van der Waals surface area contributed by atoms with Crippen LogP contribution in [0.3, 0.4) is 0 Å². The normalized spacial score (nSPS) is 20.4. The van der Waals surface area contributed by atoms with Gasteiger partial charge >= 0.3 is 6.03 Å².